The lowest BCUT2D eigenvalue weighted by molar-refractivity contribution is 0.182. The number of aryl methyl sites for hydroxylation is 4. The summed E-state index contributed by atoms with van der Waals surface area (Å²) in [6.07, 6.45) is 0.982. The second-order valence-electron chi connectivity index (χ2n) is 6.72. The number of nitrogens with zero attached hydrogens (tertiary/aromatic N) is 5. The Morgan fingerprint density at radius 1 is 1.11 bits per heavy atom. The maximum Gasteiger partial charge on any atom is 0.191 e. The largest absolute Gasteiger partial charge is 0.383 e. The van der Waals surface area contributed by atoms with E-state index in [-0.39, 0.29) is 24.0 Å². The van der Waals surface area contributed by atoms with E-state index in [2.05, 4.69) is 45.7 Å². The molecule has 28 heavy (non-hydrogen) atoms. The fourth-order valence-corrected chi connectivity index (χ4v) is 3.11. The molecule has 0 amide bonds. The summed E-state index contributed by atoms with van der Waals surface area (Å²) in [6, 6.07) is 2.10. The first-order chi connectivity index (χ1) is 13.0. The summed E-state index contributed by atoms with van der Waals surface area (Å²) in [4.78, 5) is 4.31. The Morgan fingerprint density at radius 3 is 2.46 bits per heavy atom. The van der Waals surface area contributed by atoms with Gasteiger partial charge in [-0.3, -0.25) is 14.4 Å². The quantitative estimate of drug-likeness (QED) is 0.238. The fourth-order valence-electron chi connectivity index (χ4n) is 3.11. The highest BCUT2D eigenvalue weighted by Crippen LogP contribution is 2.12. The van der Waals surface area contributed by atoms with Gasteiger partial charge in [-0.1, -0.05) is 0 Å². The molecule has 2 rings (SSSR count). The van der Waals surface area contributed by atoms with E-state index in [1.165, 1.54) is 11.3 Å². The number of aromatic nitrogens is 4. The molecule has 158 valence electrons. The number of hydrogen-bond donors (Lipinski definition) is 2. The lowest BCUT2D eigenvalue weighted by Gasteiger charge is -2.12. The minimum absolute atomic E-state index is 0. The number of ether oxygens (including phenoxy) is 1. The number of nitrogens with one attached hydrogen (secondary N) is 2. The van der Waals surface area contributed by atoms with Crippen LogP contribution in [0.5, 0.6) is 0 Å². The van der Waals surface area contributed by atoms with Crippen LogP contribution in [0.2, 0.25) is 0 Å². The van der Waals surface area contributed by atoms with E-state index in [1.54, 1.807) is 14.2 Å². The second kappa shape index (κ2) is 12.1. The normalized spacial score (nSPS) is 11.4. The minimum Gasteiger partial charge on any atom is -0.383 e. The third kappa shape index (κ3) is 6.77. The molecule has 0 unspecified atom stereocenters. The molecule has 0 atom stereocenters. The number of halogens is 1. The van der Waals surface area contributed by atoms with Crippen molar-refractivity contribution >= 4 is 29.9 Å². The van der Waals surface area contributed by atoms with Gasteiger partial charge in [0.15, 0.2) is 5.96 Å². The molecule has 0 spiro atoms. The van der Waals surface area contributed by atoms with Crippen LogP contribution >= 0.6 is 24.0 Å². The Morgan fingerprint density at radius 2 is 1.86 bits per heavy atom. The molecular formula is C19H34IN7O. The Kier molecular flexibility index (Phi) is 10.5. The van der Waals surface area contributed by atoms with Crippen LogP contribution in [0.3, 0.4) is 0 Å². The lowest BCUT2D eigenvalue weighted by atomic mass is 10.2. The zero-order valence-corrected chi connectivity index (χ0v) is 20.2. The van der Waals surface area contributed by atoms with E-state index in [4.69, 9.17) is 4.74 Å². The third-order valence-corrected chi connectivity index (χ3v) is 4.64. The molecule has 0 fully saturated rings. The molecule has 2 heterocycles. The summed E-state index contributed by atoms with van der Waals surface area (Å²) in [5, 5.41) is 15.8. The number of rotatable bonds is 9. The van der Waals surface area contributed by atoms with Crippen molar-refractivity contribution in [2.45, 2.75) is 53.8 Å². The minimum atomic E-state index is 0. The van der Waals surface area contributed by atoms with E-state index < -0.39 is 0 Å². The lowest BCUT2D eigenvalue weighted by Crippen LogP contribution is -2.37. The van der Waals surface area contributed by atoms with Gasteiger partial charge in [0.05, 0.1) is 24.5 Å². The summed E-state index contributed by atoms with van der Waals surface area (Å²) in [7, 11) is 3.50. The van der Waals surface area contributed by atoms with Gasteiger partial charge in [-0.2, -0.15) is 10.2 Å². The van der Waals surface area contributed by atoms with Crippen LogP contribution < -0.4 is 10.6 Å². The number of aliphatic imine (C=N–C) groups is 1. The highest BCUT2D eigenvalue weighted by Gasteiger charge is 2.11. The maximum atomic E-state index is 5.15. The Hall–Kier alpha value is -1.62. The molecule has 0 saturated heterocycles. The summed E-state index contributed by atoms with van der Waals surface area (Å²) in [5.74, 6) is 0.798. The monoisotopic (exact) mass is 503 g/mol. The van der Waals surface area contributed by atoms with Crippen LogP contribution in [-0.4, -0.2) is 52.8 Å². The van der Waals surface area contributed by atoms with Gasteiger partial charge < -0.3 is 15.4 Å². The van der Waals surface area contributed by atoms with Gasteiger partial charge in [-0.15, -0.1) is 24.0 Å². The molecule has 0 aliphatic carbocycles. The average molecular weight is 503 g/mol. The van der Waals surface area contributed by atoms with Gasteiger partial charge in [-0.25, -0.2) is 0 Å². The van der Waals surface area contributed by atoms with Crippen molar-refractivity contribution in [1.29, 1.82) is 0 Å². The summed E-state index contributed by atoms with van der Waals surface area (Å²) in [6.45, 7) is 12.1. The van der Waals surface area contributed by atoms with E-state index >= 15 is 0 Å². The van der Waals surface area contributed by atoms with E-state index in [0.29, 0.717) is 13.2 Å². The van der Waals surface area contributed by atoms with Gasteiger partial charge in [0.25, 0.3) is 0 Å². The van der Waals surface area contributed by atoms with Crippen molar-refractivity contribution < 1.29 is 4.74 Å². The van der Waals surface area contributed by atoms with Crippen LogP contribution in [0.4, 0.5) is 0 Å². The van der Waals surface area contributed by atoms with Crippen molar-refractivity contribution in [3.05, 3.63) is 34.4 Å². The van der Waals surface area contributed by atoms with Crippen molar-refractivity contribution in [3.63, 3.8) is 0 Å². The SMILES string of the molecule is CN=C(NCCCn1nc(C)cc1C)NCc1c(C)nn(CCOC)c1C.I. The molecule has 0 aliphatic rings. The van der Waals surface area contributed by atoms with Crippen molar-refractivity contribution in [3.8, 4) is 0 Å². The molecule has 0 aliphatic heterocycles. The van der Waals surface area contributed by atoms with E-state index in [0.717, 1.165) is 49.1 Å². The predicted octanol–water partition coefficient (Wildman–Crippen LogP) is 2.33. The Balaban J connectivity index is 0.00000392. The van der Waals surface area contributed by atoms with E-state index in [9.17, 15) is 0 Å². The molecule has 2 N–H and O–H groups in total. The molecule has 0 radical (unpaired) electrons. The zero-order valence-electron chi connectivity index (χ0n) is 17.9. The highest BCUT2D eigenvalue weighted by atomic mass is 127. The molecule has 2 aromatic rings. The van der Waals surface area contributed by atoms with Gasteiger partial charge in [0.1, 0.15) is 0 Å². The highest BCUT2D eigenvalue weighted by molar-refractivity contribution is 14.0. The smallest absolute Gasteiger partial charge is 0.191 e. The predicted molar refractivity (Wildman–Crippen MR) is 124 cm³/mol. The summed E-state index contributed by atoms with van der Waals surface area (Å²) >= 11 is 0. The number of guanidine groups is 1. The van der Waals surface area contributed by atoms with Crippen LogP contribution in [0.1, 0.15) is 34.8 Å². The third-order valence-electron chi connectivity index (χ3n) is 4.64. The first kappa shape index (κ1) is 24.4. The molecule has 9 heteroatoms. The first-order valence-electron chi connectivity index (χ1n) is 9.43. The topological polar surface area (TPSA) is 81.3 Å². The number of hydrogen-bond acceptors (Lipinski definition) is 4. The first-order valence-corrected chi connectivity index (χ1v) is 9.43. The van der Waals surface area contributed by atoms with E-state index in [1.807, 2.05) is 23.2 Å². The van der Waals surface area contributed by atoms with Crippen LogP contribution in [0, 0.1) is 27.7 Å². The standard InChI is InChI=1S/C19H33N7O.HI/c1-14-12-15(2)25(23-14)9-7-8-21-19(20-5)22-13-18-16(3)24-26(17(18)4)10-11-27-6;/h12H,7-11,13H2,1-6H3,(H2,20,21,22);1H. The van der Waals surface area contributed by atoms with Gasteiger partial charge in [0.2, 0.25) is 0 Å². The molecule has 8 nitrogen and oxygen atoms in total. The molecule has 0 aromatic carbocycles. The van der Waals surface area contributed by atoms with Crippen LogP contribution in [0.15, 0.2) is 11.1 Å². The second-order valence-corrected chi connectivity index (χ2v) is 6.72. The Bertz CT molecular complexity index is 767. The summed E-state index contributed by atoms with van der Waals surface area (Å²) in [5.41, 5.74) is 5.67. The maximum absolute atomic E-state index is 5.15. The molecular weight excluding hydrogens is 469 g/mol. The zero-order chi connectivity index (χ0) is 19.8. The molecule has 2 aromatic heterocycles. The van der Waals surface area contributed by atoms with Crippen LogP contribution in [0.25, 0.3) is 0 Å². The number of methoxy groups -OCH3 is 1. The van der Waals surface area contributed by atoms with Crippen molar-refractivity contribution in [2.24, 2.45) is 4.99 Å². The molecule has 0 bridgehead atoms. The van der Waals surface area contributed by atoms with Gasteiger partial charge >= 0.3 is 0 Å². The summed E-state index contributed by atoms with van der Waals surface area (Å²) < 4.78 is 9.20. The molecule has 0 saturated carbocycles. The van der Waals surface area contributed by atoms with Crippen LogP contribution in [-0.2, 0) is 24.4 Å². The van der Waals surface area contributed by atoms with Crippen molar-refractivity contribution in [2.75, 3.05) is 27.3 Å². The Labute approximate surface area is 185 Å². The van der Waals surface area contributed by atoms with Crippen molar-refractivity contribution in [1.82, 2.24) is 30.2 Å². The fraction of sp³-hybridized carbons (Fsp3) is 0.632. The van der Waals surface area contributed by atoms with Gasteiger partial charge in [0, 0.05) is 50.7 Å². The van der Waals surface area contributed by atoms with Gasteiger partial charge in [-0.05, 0) is 40.2 Å². The average Bonchev–Trinajstić information content (AvgIpc) is 3.10.